The van der Waals surface area contributed by atoms with Gasteiger partial charge in [-0.25, -0.2) is 4.98 Å². The molecule has 6 heteroatoms. The lowest BCUT2D eigenvalue weighted by Crippen LogP contribution is -2.51. The first-order valence-electron chi connectivity index (χ1n) is 7.75. The van der Waals surface area contributed by atoms with Crippen LogP contribution in [0.25, 0.3) is 4.96 Å². The third-order valence-electron chi connectivity index (χ3n) is 4.42. The van der Waals surface area contributed by atoms with E-state index in [1.165, 1.54) is 5.69 Å². The number of nitrogens with zero attached hydrogens (tertiary/aromatic N) is 4. The van der Waals surface area contributed by atoms with E-state index in [1.54, 1.807) is 11.3 Å². The Morgan fingerprint density at radius 2 is 2.29 bits per heavy atom. The summed E-state index contributed by atoms with van der Waals surface area (Å²) in [7, 11) is 2.19. The second-order valence-electron chi connectivity index (χ2n) is 6.11. The zero-order valence-corrected chi connectivity index (χ0v) is 13.9. The van der Waals surface area contributed by atoms with Crippen LogP contribution >= 0.6 is 11.3 Å². The molecule has 2 atom stereocenters. The van der Waals surface area contributed by atoms with E-state index < -0.39 is 0 Å². The van der Waals surface area contributed by atoms with Crippen LogP contribution in [0.5, 0.6) is 0 Å². The smallest absolute Gasteiger partial charge is 0.195 e. The van der Waals surface area contributed by atoms with Gasteiger partial charge in [0.05, 0.1) is 5.69 Å². The van der Waals surface area contributed by atoms with Gasteiger partial charge >= 0.3 is 0 Å². The molecule has 0 radical (unpaired) electrons. The van der Waals surface area contributed by atoms with E-state index in [0.717, 1.165) is 43.3 Å². The van der Waals surface area contributed by atoms with Crippen LogP contribution in [0, 0.1) is 0 Å². The van der Waals surface area contributed by atoms with Gasteiger partial charge in [-0.15, -0.1) is 11.3 Å². The van der Waals surface area contributed by atoms with E-state index in [2.05, 4.69) is 46.7 Å². The normalized spacial score (nSPS) is 22.1. The summed E-state index contributed by atoms with van der Waals surface area (Å²) in [4.78, 5) is 10.8. The first-order chi connectivity index (χ1) is 10.1. The maximum absolute atomic E-state index is 6.21. The Labute approximate surface area is 130 Å². The maximum atomic E-state index is 6.21. The van der Waals surface area contributed by atoms with Crippen LogP contribution in [-0.4, -0.2) is 53.1 Å². The highest BCUT2D eigenvalue weighted by molar-refractivity contribution is 7.15. The molecule has 2 aromatic rings. The monoisotopic (exact) mass is 307 g/mol. The fourth-order valence-electron chi connectivity index (χ4n) is 3.09. The van der Waals surface area contributed by atoms with Gasteiger partial charge in [-0.2, -0.15) is 0 Å². The molecular formula is C15H25N5S. The van der Waals surface area contributed by atoms with E-state index in [1.807, 2.05) is 0 Å². The Morgan fingerprint density at radius 3 is 3.00 bits per heavy atom. The highest BCUT2D eigenvalue weighted by Crippen LogP contribution is 2.28. The van der Waals surface area contributed by atoms with Crippen molar-refractivity contribution in [3.8, 4) is 0 Å². The molecule has 0 spiro atoms. The van der Waals surface area contributed by atoms with Crippen molar-refractivity contribution in [2.45, 2.75) is 38.8 Å². The Morgan fingerprint density at radius 1 is 1.48 bits per heavy atom. The average molecular weight is 307 g/mol. The van der Waals surface area contributed by atoms with Crippen LogP contribution in [0.3, 0.4) is 0 Å². The number of imidazole rings is 1. The number of thiazole rings is 1. The molecule has 2 unspecified atom stereocenters. The molecule has 2 N–H and O–H groups in total. The number of nitrogens with two attached hydrogens (primary N) is 1. The minimum Gasteiger partial charge on any atom is -0.350 e. The average Bonchev–Trinajstić information content (AvgIpc) is 3.01. The molecule has 1 aliphatic rings. The van der Waals surface area contributed by atoms with E-state index >= 15 is 0 Å². The van der Waals surface area contributed by atoms with Gasteiger partial charge in [-0.1, -0.05) is 6.92 Å². The number of piperazine rings is 1. The summed E-state index contributed by atoms with van der Waals surface area (Å²) in [5.74, 6) is 1.14. The van der Waals surface area contributed by atoms with Crippen LogP contribution in [-0.2, 0) is 6.42 Å². The molecule has 0 aromatic carbocycles. The summed E-state index contributed by atoms with van der Waals surface area (Å²) in [6, 6.07) is 0.691. The maximum Gasteiger partial charge on any atom is 0.195 e. The summed E-state index contributed by atoms with van der Waals surface area (Å²) in [6.45, 7) is 7.65. The lowest BCUT2D eigenvalue weighted by atomic mass is 10.1. The van der Waals surface area contributed by atoms with Crippen LogP contribution in [0.2, 0.25) is 0 Å². The van der Waals surface area contributed by atoms with Gasteiger partial charge in [0.15, 0.2) is 10.8 Å². The highest BCUT2D eigenvalue weighted by Gasteiger charge is 2.27. The summed E-state index contributed by atoms with van der Waals surface area (Å²) in [5.41, 5.74) is 7.49. The van der Waals surface area contributed by atoms with Gasteiger partial charge in [0.2, 0.25) is 0 Å². The number of rotatable bonds is 4. The van der Waals surface area contributed by atoms with Gasteiger partial charge in [0, 0.05) is 49.7 Å². The predicted molar refractivity (Wildman–Crippen MR) is 89.3 cm³/mol. The molecule has 3 heterocycles. The van der Waals surface area contributed by atoms with E-state index in [4.69, 9.17) is 10.7 Å². The second-order valence-corrected chi connectivity index (χ2v) is 6.99. The van der Waals surface area contributed by atoms with E-state index in [0.29, 0.717) is 6.04 Å². The second kappa shape index (κ2) is 5.94. The summed E-state index contributed by atoms with van der Waals surface area (Å²) >= 11 is 1.70. The van der Waals surface area contributed by atoms with Crippen LogP contribution in [0.1, 0.15) is 26.0 Å². The lowest BCUT2D eigenvalue weighted by Gasteiger charge is -2.39. The Hall–Kier alpha value is -1.11. The lowest BCUT2D eigenvalue weighted by molar-refractivity contribution is 0.274. The molecule has 1 fully saturated rings. The van der Waals surface area contributed by atoms with E-state index in [9.17, 15) is 0 Å². The van der Waals surface area contributed by atoms with E-state index in [-0.39, 0.29) is 6.04 Å². The Kier molecular flexibility index (Phi) is 4.19. The van der Waals surface area contributed by atoms with Gasteiger partial charge in [0.25, 0.3) is 0 Å². The first-order valence-corrected chi connectivity index (χ1v) is 8.63. The molecule has 2 aromatic heterocycles. The van der Waals surface area contributed by atoms with Crippen LogP contribution < -0.4 is 10.6 Å². The first kappa shape index (κ1) is 14.8. The molecule has 0 saturated carbocycles. The molecule has 1 saturated heterocycles. The number of hydrogen-bond acceptors (Lipinski definition) is 5. The fourth-order valence-corrected chi connectivity index (χ4v) is 3.82. The van der Waals surface area contributed by atoms with Gasteiger partial charge in [0.1, 0.15) is 0 Å². The number of aromatic nitrogens is 2. The van der Waals surface area contributed by atoms with Crippen molar-refractivity contribution in [1.29, 1.82) is 0 Å². The number of fused-ring (bicyclic) bond motifs is 1. The number of anilines is 1. The largest absolute Gasteiger partial charge is 0.350 e. The minimum atomic E-state index is 0.200. The molecule has 0 aliphatic carbocycles. The third kappa shape index (κ3) is 2.80. The molecule has 1 aliphatic heterocycles. The zero-order chi connectivity index (χ0) is 15.0. The van der Waals surface area contributed by atoms with Gasteiger partial charge < -0.3 is 15.5 Å². The van der Waals surface area contributed by atoms with Crippen molar-refractivity contribution >= 4 is 22.1 Å². The molecule has 116 valence electrons. The van der Waals surface area contributed by atoms with Crippen molar-refractivity contribution < 1.29 is 0 Å². The third-order valence-corrected chi connectivity index (χ3v) is 5.18. The van der Waals surface area contributed by atoms with Crippen molar-refractivity contribution in [3.63, 3.8) is 0 Å². The molecule has 3 rings (SSSR count). The molecular weight excluding hydrogens is 282 g/mol. The standard InChI is InChI=1S/C15H25N5S/c1-4-12(16)9-13-14(17-15-20(13)7-8-21-15)19-6-5-18(3)10-11(19)2/h7-8,11-12H,4-6,9-10,16H2,1-3H3. The van der Waals surface area contributed by atoms with Gasteiger partial charge in [-0.3, -0.25) is 4.40 Å². The molecule has 21 heavy (non-hydrogen) atoms. The van der Waals surface area contributed by atoms with Crippen molar-refractivity contribution in [3.05, 3.63) is 17.3 Å². The zero-order valence-electron chi connectivity index (χ0n) is 13.1. The Balaban J connectivity index is 1.97. The van der Waals surface area contributed by atoms with Gasteiger partial charge in [-0.05, 0) is 20.4 Å². The predicted octanol–water partition coefficient (Wildman–Crippen LogP) is 1.82. The minimum absolute atomic E-state index is 0.200. The van der Waals surface area contributed by atoms with Crippen LogP contribution in [0.15, 0.2) is 11.6 Å². The number of hydrogen-bond donors (Lipinski definition) is 1. The summed E-state index contributed by atoms with van der Waals surface area (Å²) < 4.78 is 2.22. The summed E-state index contributed by atoms with van der Waals surface area (Å²) in [5, 5.41) is 2.10. The molecule has 5 nitrogen and oxygen atoms in total. The fraction of sp³-hybridized carbons (Fsp3) is 0.667. The number of likely N-dealkylation sites (N-methyl/N-ethyl adjacent to an activating group) is 1. The molecule has 0 amide bonds. The SMILES string of the molecule is CCC(N)Cc1c(N2CCN(C)CC2C)nc2sccn12. The van der Waals surface area contributed by atoms with Crippen molar-refractivity contribution in [2.24, 2.45) is 5.73 Å². The summed E-state index contributed by atoms with van der Waals surface area (Å²) in [6.07, 6.45) is 4.01. The highest BCUT2D eigenvalue weighted by atomic mass is 32.1. The molecule has 0 bridgehead atoms. The van der Waals surface area contributed by atoms with Crippen LogP contribution in [0.4, 0.5) is 5.82 Å². The topological polar surface area (TPSA) is 49.8 Å². The Bertz CT molecular complexity index is 604. The van der Waals surface area contributed by atoms with Crippen molar-refractivity contribution in [1.82, 2.24) is 14.3 Å². The van der Waals surface area contributed by atoms with Crippen molar-refractivity contribution in [2.75, 3.05) is 31.6 Å². The quantitative estimate of drug-likeness (QED) is 0.936.